The average Bonchev–Trinajstić information content (AvgIpc) is 2.19. The van der Waals surface area contributed by atoms with E-state index in [-0.39, 0.29) is 19.1 Å². The standard InChI is InChI=1S/C11H22N2O4/c1-5-12-6-9(14)13-8(10(15)16)7-17-11(2,3)4/h8,12H,5-7H2,1-4H3,(H,13,14)(H,15,16)/t8-/m0/s1. The fourth-order valence-electron chi connectivity index (χ4n) is 0.992. The Morgan fingerprint density at radius 2 is 1.94 bits per heavy atom. The molecule has 1 atom stereocenters. The van der Waals surface area contributed by atoms with Crippen molar-refractivity contribution in [3.05, 3.63) is 0 Å². The largest absolute Gasteiger partial charge is 0.480 e. The van der Waals surface area contributed by atoms with Crippen LogP contribution >= 0.6 is 0 Å². The van der Waals surface area contributed by atoms with Crippen molar-refractivity contribution in [2.24, 2.45) is 0 Å². The van der Waals surface area contributed by atoms with E-state index in [9.17, 15) is 9.59 Å². The van der Waals surface area contributed by atoms with E-state index in [1.54, 1.807) is 0 Å². The summed E-state index contributed by atoms with van der Waals surface area (Å²) in [6.07, 6.45) is 0. The highest BCUT2D eigenvalue weighted by molar-refractivity contribution is 5.84. The monoisotopic (exact) mass is 246 g/mol. The van der Waals surface area contributed by atoms with Crippen molar-refractivity contribution < 1.29 is 19.4 Å². The highest BCUT2D eigenvalue weighted by Crippen LogP contribution is 2.07. The van der Waals surface area contributed by atoms with Gasteiger partial charge >= 0.3 is 5.97 Å². The van der Waals surface area contributed by atoms with Gasteiger partial charge in [0, 0.05) is 0 Å². The number of rotatable bonds is 7. The van der Waals surface area contributed by atoms with Gasteiger partial charge in [-0.25, -0.2) is 4.79 Å². The lowest BCUT2D eigenvalue weighted by Crippen LogP contribution is -2.48. The first-order chi connectivity index (χ1) is 7.76. The molecular weight excluding hydrogens is 224 g/mol. The minimum Gasteiger partial charge on any atom is -0.480 e. The average molecular weight is 246 g/mol. The molecule has 0 spiro atoms. The number of aliphatic carboxylic acids is 1. The van der Waals surface area contributed by atoms with E-state index in [0.717, 1.165) is 0 Å². The number of ether oxygens (including phenoxy) is 1. The van der Waals surface area contributed by atoms with Crippen molar-refractivity contribution in [3.8, 4) is 0 Å². The third kappa shape index (κ3) is 8.65. The first-order valence-electron chi connectivity index (χ1n) is 5.63. The zero-order valence-electron chi connectivity index (χ0n) is 10.9. The Labute approximate surface area is 102 Å². The predicted octanol–water partition coefficient (Wildman–Crippen LogP) is -0.0196. The fourth-order valence-corrected chi connectivity index (χ4v) is 0.992. The maximum atomic E-state index is 11.3. The number of carbonyl (C=O) groups is 2. The van der Waals surface area contributed by atoms with E-state index in [0.29, 0.717) is 6.54 Å². The molecule has 6 nitrogen and oxygen atoms in total. The lowest BCUT2D eigenvalue weighted by atomic mass is 10.2. The molecule has 0 heterocycles. The maximum Gasteiger partial charge on any atom is 0.328 e. The topological polar surface area (TPSA) is 87.7 Å². The van der Waals surface area contributed by atoms with Crippen molar-refractivity contribution >= 4 is 11.9 Å². The predicted molar refractivity (Wildman–Crippen MR) is 63.8 cm³/mol. The third-order valence-electron chi connectivity index (χ3n) is 1.85. The molecule has 0 bridgehead atoms. The quantitative estimate of drug-likeness (QED) is 0.587. The van der Waals surface area contributed by atoms with Crippen molar-refractivity contribution in [3.63, 3.8) is 0 Å². The highest BCUT2D eigenvalue weighted by atomic mass is 16.5. The molecule has 0 rings (SSSR count). The van der Waals surface area contributed by atoms with Crippen LogP contribution in [0.4, 0.5) is 0 Å². The molecule has 17 heavy (non-hydrogen) atoms. The molecule has 100 valence electrons. The Hall–Kier alpha value is -1.14. The summed E-state index contributed by atoms with van der Waals surface area (Å²) >= 11 is 0. The van der Waals surface area contributed by atoms with Crippen LogP contribution in [0.1, 0.15) is 27.7 Å². The first kappa shape index (κ1) is 15.9. The molecular formula is C11H22N2O4. The zero-order valence-corrected chi connectivity index (χ0v) is 10.9. The maximum absolute atomic E-state index is 11.3. The van der Waals surface area contributed by atoms with E-state index in [1.807, 2.05) is 27.7 Å². The highest BCUT2D eigenvalue weighted by Gasteiger charge is 2.22. The summed E-state index contributed by atoms with van der Waals surface area (Å²) in [6.45, 7) is 8.06. The summed E-state index contributed by atoms with van der Waals surface area (Å²) in [5.41, 5.74) is -0.430. The Balaban J connectivity index is 4.16. The van der Waals surface area contributed by atoms with Gasteiger partial charge in [-0.05, 0) is 27.3 Å². The van der Waals surface area contributed by atoms with E-state index in [1.165, 1.54) is 0 Å². The minimum atomic E-state index is -1.10. The lowest BCUT2D eigenvalue weighted by molar-refractivity contribution is -0.145. The molecule has 6 heteroatoms. The van der Waals surface area contributed by atoms with Gasteiger partial charge in [-0.3, -0.25) is 4.79 Å². The molecule has 0 unspecified atom stereocenters. The molecule has 0 aliphatic carbocycles. The van der Waals surface area contributed by atoms with Crippen LogP contribution in [0.15, 0.2) is 0 Å². The van der Waals surface area contributed by atoms with E-state index >= 15 is 0 Å². The number of carboxylic acid groups (broad SMARTS) is 1. The summed E-state index contributed by atoms with van der Waals surface area (Å²) in [6, 6.07) is -1.01. The number of carbonyl (C=O) groups excluding carboxylic acids is 1. The summed E-state index contributed by atoms with van der Waals surface area (Å²) in [5.74, 6) is -1.45. The molecule has 0 aromatic rings. The SMILES string of the molecule is CCNCC(=O)N[C@@H](COC(C)(C)C)C(=O)O. The number of hydrogen-bond acceptors (Lipinski definition) is 4. The lowest BCUT2D eigenvalue weighted by Gasteiger charge is -2.23. The smallest absolute Gasteiger partial charge is 0.328 e. The third-order valence-corrected chi connectivity index (χ3v) is 1.85. The summed E-state index contributed by atoms with van der Waals surface area (Å²) in [4.78, 5) is 22.3. The molecule has 3 N–H and O–H groups in total. The summed E-state index contributed by atoms with van der Waals surface area (Å²) in [7, 11) is 0. The van der Waals surface area contributed by atoms with Gasteiger partial charge in [-0.15, -0.1) is 0 Å². The van der Waals surface area contributed by atoms with Crippen molar-refractivity contribution in [2.45, 2.75) is 39.3 Å². The van der Waals surface area contributed by atoms with E-state index in [4.69, 9.17) is 9.84 Å². The number of carboxylic acids is 1. The van der Waals surface area contributed by atoms with Crippen LogP contribution in [0.5, 0.6) is 0 Å². The van der Waals surface area contributed by atoms with Crippen LogP contribution in [0.2, 0.25) is 0 Å². The van der Waals surface area contributed by atoms with Crippen molar-refractivity contribution in [1.82, 2.24) is 10.6 Å². The van der Waals surface area contributed by atoms with Crippen molar-refractivity contribution in [1.29, 1.82) is 0 Å². The molecule has 0 radical (unpaired) electrons. The molecule has 0 aliphatic heterocycles. The molecule has 0 aliphatic rings. The van der Waals surface area contributed by atoms with Gasteiger partial charge < -0.3 is 20.5 Å². The second-order valence-electron chi connectivity index (χ2n) is 4.66. The van der Waals surface area contributed by atoms with Crippen LogP contribution in [-0.4, -0.2) is 48.3 Å². The van der Waals surface area contributed by atoms with Crippen molar-refractivity contribution in [2.75, 3.05) is 19.7 Å². The zero-order chi connectivity index (χ0) is 13.5. The molecule has 0 saturated heterocycles. The van der Waals surface area contributed by atoms with Crippen LogP contribution in [0.25, 0.3) is 0 Å². The first-order valence-corrected chi connectivity index (χ1v) is 5.63. The minimum absolute atomic E-state index is 0.0449. The molecule has 0 aromatic carbocycles. The molecule has 1 amide bonds. The summed E-state index contributed by atoms with van der Waals surface area (Å²) < 4.78 is 5.34. The molecule has 0 saturated carbocycles. The number of amides is 1. The molecule has 0 fully saturated rings. The second kappa shape index (κ2) is 7.24. The van der Waals surface area contributed by atoms with Gasteiger partial charge in [-0.1, -0.05) is 6.92 Å². The van der Waals surface area contributed by atoms with E-state index in [2.05, 4.69) is 10.6 Å². The Bertz CT molecular complexity index is 261. The number of likely N-dealkylation sites (N-methyl/N-ethyl adjacent to an activating group) is 1. The number of nitrogens with one attached hydrogen (secondary N) is 2. The normalized spacial score (nSPS) is 13.2. The Morgan fingerprint density at radius 3 is 2.35 bits per heavy atom. The van der Waals surface area contributed by atoms with E-state index < -0.39 is 17.6 Å². The van der Waals surface area contributed by atoms with Gasteiger partial charge in [0.1, 0.15) is 0 Å². The summed E-state index contributed by atoms with van der Waals surface area (Å²) in [5, 5.41) is 14.1. The fraction of sp³-hybridized carbons (Fsp3) is 0.818. The Morgan fingerprint density at radius 1 is 1.35 bits per heavy atom. The van der Waals surface area contributed by atoms with Gasteiger partial charge in [0.15, 0.2) is 6.04 Å². The van der Waals surface area contributed by atoms with Gasteiger partial charge in [0.2, 0.25) is 5.91 Å². The van der Waals surface area contributed by atoms with Gasteiger partial charge in [0.05, 0.1) is 18.8 Å². The molecule has 0 aromatic heterocycles. The van der Waals surface area contributed by atoms with Crippen LogP contribution in [0.3, 0.4) is 0 Å². The van der Waals surface area contributed by atoms with Crippen LogP contribution in [0, 0.1) is 0 Å². The van der Waals surface area contributed by atoms with Gasteiger partial charge in [-0.2, -0.15) is 0 Å². The second-order valence-corrected chi connectivity index (χ2v) is 4.66. The van der Waals surface area contributed by atoms with Gasteiger partial charge in [0.25, 0.3) is 0 Å². The number of hydrogen-bond donors (Lipinski definition) is 3. The van der Waals surface area contributed by atoms with Crippen LogP contribution in [-0.2, 0) is 14.3 Å². The van der Waals surface area contributed by atoms with Crippen LogP contribution < -0.4 is 10.6 Å². The Kier molecular flexibility index (Phi) is 6.75.